The number of halogens is 2. The predicted octanol–water partition coefficient (Wildman–Crippen LogP) is 4.90. The highest BCUT2D eigenvalue weighted by Gasteiger charge is 2.40. The molecule has 0 saturated carbocycles. The molecule has 0 spiro atoms. The Kier molecular flexibility index (Phi) is 5.68. The molecule has 1 N–H and O–H groups in total. The molecule has 172 valence electrons. The molecule has 1 aliphatic rings. The van der Waals surface area contributed by atoms with Crippen molar-refractivity contribution in [3.8, 4) is 0 Å². The summed E-state index contributed by atoms with van der Waals surface area (Å²) in [5.74, 6) is -0.183. The first-order valence-corrected chi connectivity index (χ1v) is 11.5. The van der Waals surface area contributed by atoms with Crippen molar-refractivity contribution >= 4 is 34.8 Å². The van der Waals surface area contributed by atoms with E-state index in [1.165, 1.54) is 6.20 Å². The van der Waals surface area contributed by atoms with E-state index in [0.29, 0.717) is 33.4 Å². The monoisotopic (exact) mass is 492 g/mol. The lowest BCUT2D eigenvalue weighted by atomic mass is 9.79. The van der Waals surface area contributed by atoms with Crippen LogP contribution in [0.25, 0.3) is 0 Å². The number of imidazole rings is 1. The van der Waals surface area contributed by atoms with Crippen molar-refractivity contribution in [1.29, 1.82) is 0 Å². The summed E-state index contributed by atoms with van der Waals surface area (Å²) < 4.78 is 1.76. The Balaban J connectivity index is 1.74. The molecule has 2 unspecified atom stereocenters. The first kappa shape index (κ1) is 22.6. The van der Waals surface area contributed by atoms with Gasteiger partial charge in [0.25, 0.3) is 0 Å². The number of hydrogen-bond acceptors (Lipinski definition) is 4. The number of hydrogen-bond donors (Lipinski definition) is 1. The average molecular weight is 493 g/mol. The standard InChI is InChI=1S/C26H22Cl2N4O2/c1-31-15-29-14-24(31)26(34,23-9-7-19(28)13-30-23)17-6-8-22-21(11-17)20(12-25(33)32(22)2)16-4-3-5-18(27)10-16/h3-11,13-15,20,34H,12H2,1-2H3. The van der Waals surface area contributed by atoms with Gasteiger partial charge >= 0.3 is 0 Å². The molecule has 2 aromatic carbocycles. The van der Waals surface area contributed by atoms with Crippen LogP contribution in [-0.2, 0) is 17.4 Å². The zero-order valence-electron chi connectivity index (χ0n) is 18.6. The molecule has 0 bridgehead atoms. The van der Waals surface area contributed by atoms with Crippen molar-refractivity contribution < 1.29 is 9.90 Å². The third kappa shape index (κ3) is 3.68. The topological polar surface area (TPSA) is 71.2 Å². The summed E-state index contributed by atoms with van der Waals surface area (Å²) in [7, 11) is 3.59. The minimum atomic E-state index is -1.59. The highest BCUT2D eigenvalue weighted by molar-refractivity contribution is 6.30. The van der Waals surface area contributed by atoms with Crippen LogP contribution in [0, 0.1) is 0 Å². The molecule has 6 nitrogen and oxygen atoms in total. The number of nitrogens with zero attached hydrogens (tertiary/aromatic N) is 4. The Morgan fingerprint density at radius 2 is 1.85 bits per heavy atom. The van der Waals surface area contributed by atoms with Crippen LogP contribution in [0.4, 0.5) is 5.69 Å². The lowest BCUT2D eigenvalue weighted by Gasteiger charge is -2.35. The third-order valence-corrected chi connectivity index (χ3v) is 6.93. The molecular formula is C26H22Cl2N4O2. The predicted molar refractivity (Wildman–Crippen MR) is 132 cm³/mol. The van der Waals surface area contributed by atoms with Gasteiger partial charge in [-0.1, -0.05) is 41.4 Å². The molecular weight excluding hydrogens is 471 g/mol. The summed E-state index contributed by atoms with van der Waals surface area (Å²) in [6, 6.07) is 16.6. The molecule has 0 aliphatic carbocycles. The maximum absolute atomic E-state index is 12.8. The van der Waals surface area contributed by atoms with Gasteiger partial charge in [0.05, 0.1) is 28.9 Å². The minimum Gasteiger partial charge on any atom is -0.373 e. The van der Waals surface area contributed by atoms with Crippen molar-refractivity contribution in [1.82, 2.24) is 14.5 Å². The molecule has 5 rings (SSSR count). The number of pyridine rings is 1. The molecule has 8 heteroatoms. The molecule has 0 saturated heterocycles. The number of rotatable bonds is 4. The van der Waals surface area contributed by atoms with Crippen LogP contribution in [-0.4, -0.2) is 32.6 Å². The van der Waals surface area contributed by atoms with Gasteiger partial charge in [0.15, 0.2) is 5.60 Å². The number of aliphatic hydroxyl groups is 1. The Morgan fingerprint density at radius 3 is 2.53 bits per heavy atom. The zero-order chi connectivity index (χ0) is 24.0. The Hall–Kier alpha value is -3.19. The van der Waals surface area contributed by atoms with Gasteiger partial charge in [-0.15, -0.1) is 0 Å². The fraction of sp³-hybridized carbons (Fsp3) is 0.192. The van der Waals surface area contributed by atoms with E-state index in [0.717, 1.165) is 16.8 Å². The van der Waals surface area contributed by atoms with Gasteiger partial charge in [-0.2, -0.15) is 0 Å². The van der Waals surface area contributed by atoms with E-state index in [1.807, 2.05) is 49.5 Å². The number of amides is 1. The molecule has 1 amide bonds. The highest BCUT2D eigenvalue weighted by atomic mass is 35.5. The average Bonchev–Trinajstić information content (AvgIpc) is 3.27. The maximum atomic E-state index is 12.8. The lowest BCUT2D eigenvalue weighted by Crippen LogP contribution is -2.35. The van der Waals surface area contributed by atoms with Crippen LogP contribution in [0.3, 0.4) is 0 Å². The number of carbonyl (C=O) groups is 1. The summed E-state index contributed by atoms with van der Waals surface area (Å²) >= 11 is 12.4. The molecule has 3 heterocycles. The van der Waals surface area contributed by atoms with Gasteiger partial charge < -0.3 is 14.6 Å². The van der Waals surface area contributed by atoms with Crippen molar-refractivity contribution in [2.45, 2.75) is 17.9 Å². The van der Waals surface area contributed by atoms with E-state index in [1.54, 1.807) is 41.2 Å². The SMILES string of the molecule is CN1C(=O)CC(c2cccc(Cl)c2)c2cc(C(O)(c3ccc(Cl)cn3)c3cncn3C)ccc21. The Bertz CT molecular complexity index is 1390. The Morgan fingerprint density at radius 1 is 1.03 bits per heavy atom. The summed E-state index contributed by atoms with van der Waals surface area (Å²) in [5.41, 5.74) is 2.66. The van der Waals surface area contributed by atoms with Crippen molar-refractivity contribution in [2.75, 3.05) is 11.9 Å². The van der Waals surface area contributed by atoms with Gasteiger partial charge in [0.1, 0.15) is 0 Å². The quantitative estimate of drug-likeness (QED) is 0.439. The summed E-state index contributed by atoms with van der Waals surface area (Å²) in [6.45, 7) is 0. The van der Waals surface area contributed by atoms with E-state index in [-0.39, 0.29) is 11.8 Å². The molecule has 1 aliphatic heterocycles. The molecule has 0 radical (unpaired) electrons. The van der Waals surface area contributed by atoms with Crippen LogP contribution in [0.1, 0.15) is 40.4 Å². The van der Waals surface area contributed by atoms with E-state index in [2.05, 4.69) is 9.97 Å². The fourth-order valence-corrected chi connectivity index (χ4v) is 4.97. The second-order valence-corrected chi connectivity index (χ2v) is 9.37. The number of anilines is 1. The maximum Gasteiger partial charge on any atom is 0.227 e. The van der Waals surface area contributed by atoms with Gasteiger partial charge in [-0.05, 0) is 53.1 Å². The fourth-order valence-electron chi connectivity index (χ4n) is 4.66. The van der Waals surface area contributed by atoms with E-state index in [4.69, 9.17) is 23.2 Å². The number of aromatic nitrogens is 3. The van der Waals surface area contributed by atoms with Crippen LogP contribution < -0.4 is 4.90 Å². The summed E-state index contributed by atoms with van der Waals surface area (Å²) in [4.78, 5) is 23.1. The minimum absolute atomic E-state index is 0.0199. The van der Waals surface area contributed by atoms with E-state index in [9.17, 15) is 9.90 Å². The number of benzene rings is 2. The molecule has 34 heavy (non-hydrogen) atoms. The smallest absolute Gasteiger partial charge is 0.227 e. The first-order valence-electron chi connectivity index (χ1n) is 10.8. The van der Waals surface area contributed by atoms with Gasteiger partial charge in [-0.25, -0.2) is 4.98 Å². The van der Waals surface area contributed by atoms with E-state index < -0.39 is 5.60 Å². The number of carbonyl (C=O) groups excluding carboxylic acids is 1. The number of aryl methyl sites for hydroxylation is 1. The molecule has 4 aromatic rings. The highest BCUT2D eigenvalue weighted by Crippen LogP contribution is 2.44. The van der Waals surface area contributed by atoms with Crippen molar-refractivity contribution in [2.24, 2.45) is 7.05 Å². The van der Waals surface area contributed by atoms with E-state index >= 15 is 0 Å². The molecule has 2 aromatic heterocycles. The third-order valence-electron chi connectivity index (χ3n) is 6.47. The van der Waals surface area contributed by atoms with Crippen LogP contribution in [0.5, 0.6) is 0 Å². The first-order chi connectivity index (χ1) is 16.3. The van der Waals surface area contributed by atoms with Gasteiger partial charge in [0.2, 0.25) is 5.91 Å². The second kappa shape index (κ2) is 8.55. The number of fused-ring (bicyclic) bond motifs is 1. The second-order valence-electron chi connectivity index (χ2n) is 8.50. The summed E-state index contributed by atoms with van der Waals surface area (Å²) in [5, 5.41) is 13.3. The lowest BCUT2D eigenvalue weighted by molar-refractivity contribution is -0.118. The van der Waals surface area contributed by atoms with Crippen LogP contribution in [0.15, 0.2) is 73.3 Å². The normalized spacial score (nSPS) is 17.4. The van der Waals surface area contributed by atoms with Crippen molar-refractivity contribution in [3.05, 3.63) is 111 Å². The largest absolute Gasteiger partial charge is 0.373 e. The Labute approximate surface area is 207 Å². The van der Waals surface area contributed by atoms with Crippen molar-refractivity contribution in [3.63, 3.8) is 0 Å². The molecule has 2 atom stereocenters. The van der Waals surface area contributed by atoms with Crippen LogP contribution in [0.2, 0.25) is 10.0 Å². The van der Waals surface area contributed by atoms with Gasteiger partial charge in [0, 0.05) is 43.3 Å². The summed E-state index contributed by atoms with van der Waals surface area (Å²) in [6.07, 6.45) is 5.07. The van der Waals surface area contributed by atoms with Crippen LogP contribution >= 0.6 is 23.2 Å². The van der Waals surface area contributed by atoms with Gasteiger partial charge in [-0.3, -0.25) is 9.78 Å². The molecule has 0 fully saturated rings. The zero-order valence-corrected chi connectivity index (χ0v) is 20.1.